The zero-order valence-corrected chi connectivity index (χ0v) is 14.2. The highest BCUT2D eigenvalue weighted by Gasteiger charge is 2.22. The number of likely N-dealkylation sites (N-methyl/N-ethyl adjacent to an activating group) is 1. The van der Waals surface area contributed by atoms with Crippen molar-refractivity contribution in [2.75, 3.05) is 32.1 Å². The Morgan fingerprint density at radius 1 is 1.20 bits per heavy atom. The SMILES string of the molecule is CCCNCC(c1ccccc1)N(C)C(CC)CSC. The van der Waals surface area contributed by atoms with Crippen LogP contribution in [-0.2, 0) is 0 Å². The van der Waals surface area contributed by atoms with Crippen molar-refractivity contribution in [3.63, 3.8) is 0 Å². The zero-order chi connectivity index (χ0) is 14.8. The molecule has 2 nitrogen and oxygen atoms in total. The Hall–Kier alpha value is -0.510. The maximum atomic E-state index is 3.59. The first kappa shape index (κ1) is 17.5. The Morgan fingerprint density at radius 2 is 1.90 bits per heavy atom. The van der Waals surface area contributed by atoms with E-state index in [1.807, 2.05) is 11.8 Å². The van der Waals surface area contributed by atoms with Crippen molar-refractivity contribution in [3.05, 3.63) is 35.9 Å². The summed E-state index contributed by atoms with van der Waals surface area (Å²) in [5.41, 5.74) is 1.41. The van der Waals surface area contributed by atoms with Crippen LogP contribution in [0.25, 0.3) is 0 Å². The van der Waals surface area contributed by atoms with Gasteiger partial charge in [0.25, 0.3) is 0 Å². The molecular formula is C17H30N2S. The average molecular weight is 295 g/mol. The minimum Gasteiger partial charge on any atom is -0.315 e. The molecule has 1 aromatic carbocycles. The van der Waals surface area contributed by atoms with E-state index in [4.69, 9.17) is 0 Å². The van der Waals surface area contributed by atoms with E-state index < -0.39 is 0 Å². The molecule has 0 aliphatic rings. The van der Waals surface area contributed by atoms with Gasteiger partial charge < -0.3 is 5.32 Å². The van der Waals surface area contributed by atoms with Gasteiger partial charge in [0.15, 0.2) is 0 Å². The number of benzene rings is 1. The third-order valence-corrected chi connectivity index (χ3v) is 4.56. The van der Waals surface area contributed by atoms with Crippen molar-refractivity contribution in [1.82, 2.24) is 10.2 Å². The summed E-state index contributed by atoms with van der Waals surface area (Å²) in [7, 11) is 2.27. The maximum absolute atomic E-state index is 3.59. The van der Waals surface area contributed by atoms with Crippen LogP contribution in [0.1, 0.15) is 38.3 Å². The smallest absolute Gasteiger partial charge is 0.0472 e. The lowest BCUT2D eigenvalue weighted by Gasteiger charge is -2.35. The molecule has 0 heterocycles. The van der Waals surface area contributed by atoms with Crippen molar-refractivity contribution in [2.45, 2.75) is 38.8 Å². The molecule has 0 fully saturated rings. The molecule has 1 rings (SSSR count). The predicted octanol–water partition coefficient (Wildman–Crippen LogP) is 3.80. The number of rotatable bonds is 10. The Balaban J connectivity index is 2.80. The van der Waals surface area contributed by atoms with E-state index in [0.29, 0.717) is 12.1 Å². The highest BCUT2D eigenvalue weighted by atomic mass is 32.2. The van der Waals surface area contributed by atoms with E-state index in [1.54, 1.807) is 0 Å². The highest BCUT2D eigenvalue weighted by Crippen LogP contribution is 2.23. The Labute approximate surface area is 129 Å². The monoisotopic (exact) mass is 294 g/mol. The minimum atomic E-state index is 0.458. The number of thioether (sulfide) groups is 1. The summed E-state index contributed by atoms with van der Waals surface area (Å²) in [6, 6.07) is 12.0. The van der Waals surface area contributed by atoms with E-state index in [0.717, 1.165) is 13.1 Å². The van der Waals surface area contributed by atoms with Crippen LogP contribution in [0.3, 0.4) is 0 Å². The van der Waals surface area contributed by atoms with Gasteiger partial charge in [-0.2, -0.15) is 11.8 Å². The van der Waals surface area contributed by atoms with E-state index in [2.05, 4.69) is 67.7 Å². The molecule has 0 saturated heterocycles. The van der Waals surface area contributed by atoms with Gasteiger partial charge in [-0.05, 0) is 38.3 Å². The van der Waals surface area contributed by atoms with Crippen LogP contribution in [0.15, 0.2) is 30.3 Å². The molecule has 114 valence electrons. The van der Waals surface area contributed by atoms with Gasteiger partial charge in [0.1, 0.15) is 0 Å². The molecule has 0 bridgehead atoms. The molecular weight excluding hydrogens is 264 g/mol. The highest BCUT2D eigenvalue weighted by molar-refractivity contribution is 7.98. The third-order valence-electron chi connectivity index (χ3n) is 3.85. The second-order valence-electron chi connectivity index (χ2n) is 5.31. The lowest BCUT2D eigenvalue weighted by atomic mass is 10.0. The first-order valence-corrected chi connectivity index (χ1v) is 9.10. The summed E-state index contributed by atoms with van der Waals surface area (Å²) in [6.07, 6.45) is 4.59. The number of nitrogens with zero attached hydrogens (tertiary/aromatic N) is 1. The molecule has 0 aromatic heterocycles. The van der Waals surface area contributed by atoms with Gasteiger partial charge in [-0.1, -0.05) is 44.2 Å². The lowest BCUT2D eigenvalue weighted by Crippen LogP contribution is -2.41. The molecule has 3 heteroatoms. The second kappa shape index (κ2) is 10.3. The van der Waals surface area contributed by atoms with Crippen LogP contribution in [0.4, 0.5) is 0 Å². The van der Waals surface area contributed by atoms with E-state index in [-0.39, 0.29) is 0 Å². The van der Waals surface area contributed by atoms with Crippen LogP contribution in [-0.4, -0.2) is 43.1 Å². The number of hydrogen-bond acceptors (Lipinski definition) is 3. The summed E-state index contributed by atoms with van der Waals surface area (Å²) in [6.45, 7) is 6.63. The summed E-state index contributed by atoms with van der Waals surface area (Å²) in [4.78, 5) is 2.55. The Kier molecular flexibility index (Phi) is 8.99. The topological polar surface area (TPSA) is 15.3 Å². The molecule has 0 saturated carbocycles. The summed E-state index contributed by atoms with van der Waals surface area (Å²) in [5.74, 6) is 1.20. The first-order chi connectivity index (χ1) is 9.74. The minimum absolute atomic E-state index is 0.458. The molecule has 1 N–H and O–H groups in total. The molecule has 0 spiro atoms. The van der Waals surface area contributed by atoms with Crippen molar-refractivity contribution in [2.24, 2.45) is 0 Å². The molecule has 0 radical (unpaired) electrons. The van der Waals surface area contributed by atoms with Crippen LogP contribution >= 0.6 is 11.8 Å². The Bertz CT molecular complexity index is 342. The summed E-state index contributed by atoms with van der Waals surface area (Å²) < 4.78 is 0. The van der Waals surface area contributed by atoms with Crippen LogP contribution in [0.5, 0.6) is 0 Å². The maximum Gasteiger partial charge on any atom is 0.0472 e. The zero-order valence-electron chi connectivity index (χ0n) is 13.4. The van der Waals surface area contributed by atoms with E-state index in [1.165, 1.54) is 24.2 Å². The standard InChI is InChI=1S/C17H30N2S/c1-5-12-18-13-17(15-10-8-7-9-11-15)19(3)16(6-2)14-20-4/h7-11,16-18H,5-6,12-14H2,1-4H3. The first-order valence-electron chi connectivity index (χ1n) is 7.71. The van der Waals surface area contributed by atoms with Gasteiger partial charge in [0, 0.05) is 24.4 Å². The van der Waals surface area contributed by atoms with Crippen molar-refractivity contribution < 1.29 is 0 Å². The quantitative estimate of drug-likeness (QED) is 0.661. The normalized spacial score (nSPS) is 14.4. The fourth-order valence-corrected chi connectivity index (χ4v) is 3.41. The number of hydrogen-bond donors (Lipinski definition) is 1. The molecule has 0 aliphatic carbocycles. The van der Waals surface area contributed by atoms with Crippen LogP contribution < -0.4 is 5.32 Å². The molecule has 1 aromatic rings. The van der Waals surface area contributed by atoms with Gasteiger partial charge >= 0.3 is 0 Å². The van der Waals surface area contributed by atoms with Crippen molar-refractivity contribution >= 4 is 11.8 Å². The largest absolute Gasteiger partial charge is 0.315 e. The summed E-state index contributed by atoms with van der Waals surface area (Å²) in [5, 5.41) is 3.59. The molecule has 2 atom stereocenters. The van der Waals surface area contributed by atoms with Crippen molar-refractivity contribution in [1.29, 1.82) is 0 Å². The fraction of sp³-hybridized carbons (Fsp3) is 0.647. The lowest BCUT2D eigenvalue weighted by molar-refractivity contribution is 0.180. The van der Waals surface area contributed by atoms with E-state index in [9.17, 15) is 0 Å². The van der Waals surface area contributed by atoms with Gasteiger partial charge in [-0.25, -0.2) is 0 Å². The van der Waals surface area contributed by atoms with Gasteiger partial charge in [-0.15, -0.1) is 0 Å². The summed E-state index contributed by atoms with van der Waals surface area (Å²) >= 11 is 1.94. The Morgan fingerprint density at radius 3 is 2.45 bits per heavy atom. The molecule has 0 aliphatic heterocycles. The molecule has 20 heavy (non-hydrogen) atoms. The van der Waals surface area contributed by atoms with E-state index >= 15 is 0 Å². The second-order valence-corrected chi connectivity index (χ2v) is 6.22. The van der Waals surface area contributed by atoms with Crippen LogP contribution in [0, 0.1) is 0 Å². The average Bonchev–Trinajstić information content (AvgIpc) is 2.49. The van der Waals surface area contributed by atoms with Gasteiger partial charge in [0.2, 0.25) is 0 Å². The molecule has 2 unspecified atom stereocenters. The van der Waals surface area contributed by atoms with Gasteiger partial charge in [-0.3, -0.25) is 4.90 Å². The number of nitrogens with one attached hydrogen (secondary N) is 1. The van der Waals surface area contributed by atoms with Crippen LogP contribution in [0.2, 0.25) is 0 Å². The van der Waals surface area contributed by atoms with Crippen molar-refractivity contribution in [3.8, 4) is 0 Å². The van der Waals surface area contributed by atoms with Gasteiger partial charge in [0.05, 0.1) is 0 Å². The third kappa shape index (κ3) is 5.47. The predicted molar refractivity (Wildman–Crippen MR) is 92.6 cm³/mol. The molecule has 0 amide bonds. The fourth-order valence-electron chi connectivity index (χ4n) is 2.56.